The Morgan fingerprint density at radius 1 is 1.27 bits per heavy atom. The zero-order valence-corrected chi connectivity index (χ0v) is 15.2. The number of hydrogen-bond donors (Lipinski definition) is 2. The van der Waals surface area contributed by atoms with Crippen LogP contribution < -0.4 is 15.0 Å². The minimum atomic E-state index is -0.384. The van der Waals surface area contributed by atoms with Gasteiger partial charge in [-0.1, -0.05) is 17.4 Å². The molecule has 6 nitrogen and oxygen atoms in total. The predicted octanol–water partition coefficient (Wildman–Crippen LogP) is 3.86. The molecule has 0 unspecified atom stereocenters. The van der Waals surface area contributed by atoms with Gasteiger partial charge in [-0.2, -0.15) is 0 Å². The summed E-state index contributed by atoms with van der Waals surface area (Å²) in [5, 5.41) is 14.0. The number of carbonyl (C=O) groups excluding carboxylic acids is 1. The summed E-state index contributed by atoms with van der Waals surface area (Å²) in [4.78, 5) is 19.5. The van der Waals surface area contributed by atoms with E-state index in [4.69, 9.17) is 4.74 Å². The van der Waals surface area contributed by atoms with Crippen molar-refractivity contribution in [3.63, 3.8) is 0 Å². The molecule has 0 bridgehead atoms. The number of para-hydroxylation sites is 1. The monoisotopic (exact) mass is 369 g/mol. The standard InChI is InChI=1S/C19H19N3O3S/c1-25-15-6-4-5-13(17(15)23)18(24)20-12-7-8-14-16(11-12)26-19(21-14)22-9-2-3-10-22/h4-8,11,23H,2-3,9-10H2,1H3,(H,20,24). The van der Waals surface area contributed by atoms with Gasteiger partial charge in [0.1, 0.15) is 0 Å². The number of aromatic hydroxyl groups is 1. The lowest BCUT2D eigenvalue weighted by atomic mass is 10.1. The first-order chi connectivity index (χ1) is 12.7. The molecule has 134 valence electrons. The fraction of sp³-hybridized carbons (Fsp3) is 0.263. The van der Waals surface area contributed by atoms with E-state index in [1.807, 2.05) is 18.2 Å². The van der Waals surface area contributed by atoms with Gasteiger partial charge >= 0.3 is 0 Å². The van der Waals surface area contributed by atoms with E-state index in [0.717, 1.165) is 28.4 Å². The third-order valence-corrected chi connectivity index (χ3v) is 5.55. The van der Waals surface area contributed by atoms with Crippen molar-refractivity contribution in [2.75, 3.05) is 30.4 Å². The van der Waals surface area contributed by atoms with Crippen LogP contribution in [0.5, 0.6) is 11.5 Å². The molecule has 1 fully saturated rings. The highest BCUT2D eigenvalue weighted by molar-refractivity contribution is 7.22. The number of anilines is 2. The number of benzene rings is 2. The topological polar surface area (TPSA) is 74.7 Å². The zero-order valence-electron chi connectivity index (χ0n) is 14.4. The van der Waals surface area contributed by atoms with Crippen molar-refractivity contribution >= 4 is 38.3 Å². The molecular weight excluding hydrogens is 350 g/mol. The molecule has 4 rings (SSSR count). The maximum absolute atomic E-state index is 12.5. The van der Waals surface area contributed by atoms with Gasteiger partial charge in [0.25, 0.3) is 5.91 Å². The van der Waals surface area contributed by atoms with Gasteiger partial charge < -0.3 is 20.1 Å². The number of carbonyl (C=O) groups is 1. The summed E-state index contributed by atoms with van der Waals surface area (Å²) in [6, 6.07) is 10.5. The number of phenolic OH excluding ortho intramolecular Hbond substituents is 1. The molecule has 0 aliphatic carbocycles. The van der Waals surface area contributed by atoms with Gasteiger partial charge in [-0.3, -0.25) is 4.79 Å². The summed E-state index contributed by atoms with van der Waals surface area (Å²) < 4.78 is 6.08. The highest BCUT2D eigenvalue weighted by atomic mass is 32.1. The number of rotatable bonds is 4. The van der Waals surface area contributed by atoms with Crippen molar-refractivity contribution in [2.45, 2.75) is 12.8 Å². The van der Waals surface area contributed by atoms with Crippen LogP contribution in [0.25, 0.3) is 10.2 Å². The van der Waals surface area contributed by atoms with E-state index in [1.165, 1.54) is 20.0 Å². The molecule has 26 heavy (non-hydrogen) atoms. The quantitative estimate of drug-likeness (QED) is 0.730. The molecule has 1 saturated heterocycles. The lowest BCUT2D eigenvalue weighted by Crippen LogP contribution is -2.16. The van der Waals surface area contributed by atoms with E-state index in [2.05, 4.69) is 15.2 Å². The van der Waals surface area contributed by atoms with Crippen molar-refractivity contribution in [3.05, 3.63) is 42.0 Å². The molecule has 2 N–H and O–H groups in total. The van der Waals surface area contributed by atoms with Gasteiger partial charge in [-0.25, -0.2) is 4.98 Å². The van der Waals surface area contributed by atoms with Crippen LogP contribution in [0.2, 0.25) is 0 Å². The summed E-state index contributed by atoms with van der Waals surface area (Å²) in [6.07, 6.45) is 2.42. The van der Waals surface area contributed by atoms with Crippen LogP contribution in [-0.4, -0.2) is 36.2 Å². The summed E-state index contributed by atoms with van der Waals surface area (Å²) >= 11 is 1.63. The number of nitrogens with zero attached hydrogens (tertiary/aromatic N) is 2. The van der Waals surface area contributed by atoms with Crippen LogP contribution in [0.15, 0.2) is 36.4 Å². The number of methoxy groups -OCH3 is 1. The third-order valence-electron chi connectivity index (χ3n) is 4.48. The van der Waals surface area contributed by atoms with Gasteiger partial charge in [0.15, 0.2) is 16.6 Å². The average Bonchev–Trinajstić information content (AvgIpc) is 3.30. The molecule has 0 saturated carbocycles. The first-order valence-electron chi connectivity index (χ1n) is 8.48. The third kappa shape index (κ3) is 3.06. The van der Waals surface area contributed by atoms with Gasteiger partial charge in [-0.15, -0.1) is 0 Å². The van der Waals surface area contributed by atoms with Crippen LogP contribution >= 0.6 is 11.3 Å². The number of thiazole rings is 1. The zero-order chi connectivity index (χ0) is 18.1. The Hall–Kier alpha value is -2.80. The van der Waals surface area contributed by atoms with Gasteiger partial charge in [0, 0.05) is 18.8 Å². The van der Waals surface area contributed by atoms with E-state index < -0.39 is 0 Å². The van der Waals surface area contributed by atoms with Crippen molar-refractivity contribution in [1.29, 1.82) is 0 Å². The van der Waals surface area contributed by atoms with Crippen LogP contribution in [0.3, 0.4) is 0 Å². The van der Waals surface area contributed by atoms with E-state index in [0.29, 0.717) is 5.69 Å². The number of ether oxygens (including phenoxy) is 1. The van der Waals surface area contributed by atoms with Crippen LogP contribution in [0.1, 0.15) is 23.2 Å². The molecule has 0 spiro atoms. The number of phenols is 1. The minimum absolute atomic E-state index is 0.164. The van der Waals surface area contributed by atoms with Crippen LogP contribution in [0, 0.1) is 0 Å². The molecule has 1 aliphatic rings. The summed E-state index contributed by atoms with van der Waals surface area (Å²) in [7, 11) is 1.45. The molecule has 1 amide bonds. The summed E-state index contributed by atoms with van der Waals surface area (Å²) in [6.45, 7) is 2.11. The van der Waals surface area contributed by atoms with Crippen molar-refractivity contribution in [2.24, 2.45) is 0 Å². The molecule has 1 aromatic heterocycles. The molecular formula is C19H19N3O3S. The maximum atomic E-state index is 12.5. The summed E-state index contributed by atoms with van der Waals surface area (Å²) in [5.41, 5.74) is 1.77. The maximum Gasteiger partial charge on any atom is 0.259 e. The molecule has 7 heteroatoms. The molecule has 3 aromatic rings. The second-order valence-corrected chi connectivity index (χ2v) is 7.19. The van der Waals surface area contributed by atoms with E-state index in [-0.39, 0.29) is 23.0 Å². The Labute approximate surface area is 155 Å². The number of fused-ring (bicyclic) bond motifs is 1. The lowest BCUT2D eigenvalue weighted by Gasteiger charge is -2.11. The Bertz CT molecular complexity index is 964. The number of aromatic nitrogens is 1. The predicted molar refractivity (Wildman–Crippen MR) is 104 cm³/mol. The summed E-state index contributed by atoms with van der Waals surface area (Å²) in [5.74, 6) is -0.279. The van der Waals surface area contributed by atoms with Crippen LogP contribution in [0.4, 0.5) is 10.8 Å². The van der Waals surface area contributed by atoms with E-state index >= 15 is 0 Å². The Kier molecular flexibility index (Phi) is 4.38. The SMILES string of the molecule is COc1cccc(C(=O)Nc2ccc3nc(N4CCCC4)sc3c2)c1O. The second-order valence-electron chi connectivity index (χ2n) is 6.18. The van der Waals surface area contributed by atoms with E-state index in [9.17, 15) is 9.90 Å². The number of nitrogens with one attached hydrogen (secondary N) is 1. The first kappa shape index (κ1) is 16.7. The average molecular weight is 369 g/mol. The highest BCUT2D eigenvalue weighted by Crippen LogP contribution is 2.33. The Balaban J connectivity index is 1.58. The van der Waals surface area contributed by atoms with Gasteiger partial charge in [0.05, 0.1) is 22.9 Å². The van der Waals surface area contributed by atoms with Gasteiger partial charge in [-0.05, 0) is 43.2 Å². The van der Waals surface area contributed by atoms with Crippen molar-refractivity contribution < 1.29 is 14.6 Å². The Morgan fingerprint density at radius 3 is 2.85 bits per heavy atom. The fourth-order valence-electron chi connectivity index (χ4n) is 3.10. The van der Waals surface area contributed by atoms with E-state index in [1.54, 1.807) is 29.5 Å². The number of hydrogen-bond acceptors (Lipinski definition) is 6. The lowest BCUT2D eigenvalue weighted by molar-refractivity contribution is 0.102. The molecule has 0 atom stereocenters. The van der Waals surface area contributed by atoms with Crippen molar-refractivity contribution in [1.82, 2.24) is 4.98 Å². The van der Waals surface area contributed by atoms with Crippen LogP contribution in [-0.2, 0) is 0 Å². The first-order valence-corrected chi connectivity index (χ1v) is 9.30. The van der Waals surface area contributed by atoms with Gasteiger partial charge in [0.2, 0.25) is 0 Å². The molecule has 0 radical (unpaired) electrons. The molecule has 2 aromatic carbocycles. The van der Waals surface area contributed by atoms with Crippen molar-refractivity contribution in [3.8, 4) is 11.5 Å². The number of amides is 1. The molecule has 2 heterocycles. The normalized spacial score (nSPS) is 14.0. The second kappa shape index (κ2) is 6.84. The molecule has 1 aliphatic heterocycles. The highest BCUT2D eigenvalue weighted by Gasteiger charge is 2.18. The smallest absolute Gasteiger partial charge is 0.259 e. The fourth-order valence-corrected chi connectivity index (χ4v) is 4.16. The minimum Gasteiger partial charge on any atom is -0.504 e. The largest absolute Gasteiger partial charge is 0.504 e. The Morgan fingerprint density at radius 2 is 2.08 bits per heavy atom.